The van der Waals surface area contributed by atoms with Crippen LogP contribution in [0.4, 0.5) is 0 Å². The van der Waals surface area contributed by atoms with Gasteiger partial charge in [-0.1, -0.05) is 0 Å². The Labute approximate surface area is 75.0 Å². The van der Waals surface area contributed by atoms with Crippen LogP contribution < -0.4 is 17.2 Å². The van der Waals surface area contributed by atoms with Crippen molar-refractivity contribution in [2.24, 2.45) is 17.2 Å². The Morgan fingerprint density at radius 2 is 1.92 bits per heavy atom. The zero-order valence-corrected chi connectivity index (χ0v) is 7.47. The third-order valence-corrected chi connectivity index (χ3v) is 2.24. The fraction of sp³-hybridized carbons (Fsp3) is 0.667. The average Bonchev–Trinajstić information content (AvgIpc) is 1.97. The van der Waals surface area contributed by atoms with Gasteiger partial charge in [0.25, 0.3) is 0 Å². The third kappa shape index (κ3) is 5.99. The minimum absolute atomic E-state index is 0.302. The molecule has 6 N–H and O–H groups in total. The SMILES string of the molecule is NC(=O)CCSC[C@H](N)C(N)=O. The number of amides is 2. The first kappa shape index (κ1) is 11.2. The molecule has 70 valence electrons. The molecule has 0 heterocycles. The van der Waals surface area contributed by atoms with E-state index in [4.69, 9.17) is 17.2 Å². The van der Waals surface area contributed by atoms with Crippen molar-refractivity contribution >= 4 is 23.6 Å². The number of carbonyl (C=O) groups excluding carboxylic acids is 2. The molecule has 1 atom stereocenters. The van der Waals surface area contributed by atoms with Crippen molar-refractivity contribution in [1.82, 2.24) is 0 Å². The van der Waals surface area contributed by atoms with Crippen LogP contribution in [0.15, 0.2) is 0 Å². The molecule has 0 aliphatic heterocycles. The van der Waals surface area contributed by atoms with E-state index in [0.717, 1.165) is 0 Å². The van der Waals surface area contributed by atoms with Crippen molar-refractivity contribution in [3.05, 3.63) is 0 Å². The summed E-state index contributed by atoms with van der Waals surface area (Å²) in [5.41, 5.74) is 15.1. The number of carbonyl (C=O) groups is 2. The molecule has 0 aromatic carbocycles. The fourth-order valence-corrected chi connectivity index (χ4v) is 1.40. The van der Waals surface area contributed by atoms with Crippen molar-refractivity contribution in [1.29, 1.82) is 0 Å². The van der Waals surface area contributed by atoms with Crippen LogP contribution in [0, 0.1) is 0 Å². The van der Waals surface area contributed by atoms with E-state index in [-0.39, 0.29) is 5.91 Å². The highest BCUT2D eigenvalue weighted by Gasteiger charge is 2.08. The lowest BCUT2D eigenvalue weighted by Crippen LogP contribution is -2.38. The average molecular weight is 191 g/mol. The Hall–Kier alpha value is -0.750. The number of rotatable bonds is 6. The Morgan fingerprint density at radius 1 is 1.33 bits per heavy atom. The van der Waals surface area contributed by atoms with Crippen molar-refractivity contribution in [3.8, 4) is 0 Å². The topological polar surface area (TPSA) is 112 Å². The van der Waals surface area contributed by atoms with E-state index in [2.05, 4.69) is 0 Å². The predicted octanol–water partition coefficient (Wildman–Crippen LogP) is -1.59. The molecule has 5 nitrogen and oxygen atoms in total. The standard InChI is InChI=1S/C6H13N3O2S/c7-4(6(9)11)3-12-2-1-5(8)10/h4H,1-3,7H2,(H2,8,10)(H2,9,11)/t4-/m0/s1. The van der Waals surface area contributed by atoms with Gasteiger partial charge in [-0.15, -0.1) is 0 Å². The minimum Gasteiger partial charge on any atom is -0.370 e. The van der Waals surface area contributed by atoms with Gasteiger partial charge >= 0.3 is 0 Å². The maximum atomic E-state index is 10.4. The van der Waals surface area contributed by atoms with E-state index >= 15 is 0 Å². The summed E-state index contributed by atoms with van der Waals surface area (Å²) >= 11 is 1.39. The molecule has 0 aromatic heterocycles. The lowest BCUT2D eigenvalue weighted by atomic mass is 10.3. The van der Waals surface area contributed by atoms with Crippen molar-refractivity contribution in [2.45, 2.75) is 12.5 Å². The maximum Gasteiger partial charge on any atom is 0.235 e. The number of nitrogens with two attached hydrogens (primary N) is 3. The molecule has 0 fully saturated rings. The highest BCUT2D eigenvalue weighted by molar-refractivity contribution is 7.99. The first-order valence-corrected chi connectivity index (χ1v) is 4.60. The van der Waals surface area contributed by atoms with Gasteiger partial charge in [-0.25, -0.2) is 0 Å². The van der Waals surface area contributed by atoms with Crippen molar-refractivity contribution < 1.29 is 9.59 Å². The molecule has 0 rings (SSSR count). The molecule has 12 heavy (non-hydrogen) atoms. The van der Waals surface area contributed by atoms with Gasteiger partial charge in [-0.3, -0.25) is 9.59 Å². The third-order valence-electron chi connectivity index (χ3n) is 1.16. The molecular formula is C6H13N3O2S. The van der Waals surface area contributed by atoms with E-state index < -0.39 is 11.9 Å². The maximum absolute atomic E-state index is 10.4. The molecule has 6 heteroatoms. The zero-order valence-electron chi connectivity index (χ0n) is 6.66. The van der Waals surface area contributed by atoms with Crippen LogP contribution in [0.2, 0.25) is 0 Å². The molecular weight excluding hydrogens is 178 g/mol. The van der Waals surface area contributed by atoms with E-state index in [0.29, 0.717) is 17.9 Å². The summed E-state index contributed by atoms with van der Waals surface area (Å²) in [7, 11) is 0. The summed E-state index contributed by atoms with van der Waals surface area (Å²) in [5, 5.41) is 0. The molecule has 0 bridgehead atoms. The molecule has 0 aliphatic rings. The quantitative estimate of drug-likeness (QED) is 0.439. The van der Waals surface area contributed by atoms with Crippen LogP contribution in [0.25, 0.3) is 0 Å². The first-order valence-electron chi connectivity index (χ1n) is 3.45. The van der Waals surface area contributed by atoms with Crippen LogP contribution in [-0.4, -0.2) is 29.4 Å². The lowest BCUT2D eigenvalue weighted by Gasteiger charge is -2.05. The second kappa shape index (κ2) is 5.84. The molecule has 0 saturated carbocycles. The summed E-state index contributed by atoms with van der Waals surface area (Å²) in [5.74, 6) is 0.135. The summed E-state index contributed by atoms with van der Waals surface area (Å²) in [6, 6.07) is -0.636. The summed E-state index contributed by atoms with van der Waals surface area (Å²) in [6.07, 6.45) is 0.302. The van der Waals surface area contributed by atoms with Gasteiger partial charge in [0.15, 0.2) is 0 Å². The Morgan fingerprint density at radius 3 is 2.33 bits per heavy atom. The van der Waals surface area contributed by atoms with E-state index in [1.54, 1.807) is 0 Å². The van der Waals surface area contributed by atoms with Gasteiger partial charge in [0, 0.05) is 17.9 Å². The van der Waals surface area contributed by atoms with E-state index in [9.17, 15) is 9.59 Å². The molecule has 0 radical (unpaired) electrons. The van der Waals surface area contributed by atoms with Crippen molar-refractivity contribution in [2.75, 3.05) is 11.5 Å². The lowest BCUT2D eigenvalue weighted by molar-refractivity contribution is -0.119. The Balaban J connectivity index is 3.31. The first-order chi connectivity index (χ1) is 5.54. The van der Waals surface area contributed by atoms with Gasteiger partial charge in [-0.2, -0.15) is 11.8 Å². The molecule has 0 spiro atoms. The molecule has 2 amide bonds. The highest BCUT2D eigenvalue weighted by Crippen LogP contribution is 2.02. The van der Waals surface area contributed by atoms with Gasteiger partial charge in [-0.05, 0) is 0 Å². The van der Waals surface area contributed by atoms with Crippen LogP contribution >= 0.6 is 11.8 Å². The number of hydrogen-bond donors (Lipinski definition) is 3. The fourth-order valence-electron chi connectivity index (χ4n) is 0.465. The van der Waals surface area contributed by atoms with Crippen LogP contribution in [0.3, 0.4) is 0 Å². The highest BCUT2D eigenvalue weighted by atomic mass is 32.2. The minimum atomic E-state index is -0.636. The molecule has 0 unspecified atom stereocenters. The van der Waals surface area contributed by atoms with Crippen molar-refractivity contribution in [3.63, 3.8) is 0 Å². The number of primary amides is 2. The summed E-state index contributed by atoms with van der Waals surface area (Å²) in [6.45, 7) is 0. The second-order valence-electron chi connectivity index (χ2n) is 2.30. The number of hydrogen-bond acceptors (Lipinski definition) is 4. The largest absolute Gasteiger partial charge is 0.370 e. The van der Waals surface area contributed by atoms with E-state index in [1.807, 2.05) is 0 Å². The van der Waals surface area contributed by atoms with Crippen LogP contribution in [0.1, 0.15) is 6.42 Å². The molecule has 0 saturated heterocycles. The molecule has 0 aromatic rings. The Bertz CT molecular complexity index is 174. The van der Waals surface area contributed by atoms with Gasteiger partial charge < -0.3 is 17.2 Å². The number of thioether (sulfide) groups is 1. The molecule has 0 aliphatic carbocycles. The summed E-state index contributed by atoms with van der Waals surface area (Å²) in [4.78, 5) is 20.7. The van der Waals surface area contributed by atoms with E-state index in [1.165, 1.54) is 11.8 Å². The smallest absolute Gasteiger partial charge is 0.235 e. The summed E-state index contributed by atoms with van der Waals surface area (Å²) < 4.78 is 0. The van der Waals surface area contributed by atoms with Crippen LogP contribution in [0.5, 0.6) is 0 Å². The van der Waals surface area contributed by atoms with Gasteiger partial charge in [0.2, 0.25) is 11.8 Å². The normalized spacial score (nSPS) is 12.4. The van der Waals surface area contributed by atoms with Crippen LogP contribution in [-0.2, 0) is 9.59 Å². The second-order valence-corrected chi connectivity index (χ2v) is 3.45. The zero-order chi connectivity index (χ0) is 9.56. The Kier molecular flexibility index (Phi) is 5.48. The monoisotopic (exact) mass is 191 g/mol. The van der Waals surface area contributed by atoms with Gasteiger partial charge in [0.1, 0.15) is 0 Å². The predicted molar refractivity (Wildman–Crippen MR) is 48.3 cm³/mol. The van der Waals surface area contributed by atoms with Gasteiger partial charge in [0.05, 0.1) is 6.04 Å².